The van der Waals surface area contributed by atoms with E-state index in [-0.39, 0.29) is 0 Å². The molecule has 1 N–H and O–H groups in total. The molecule has 1 aromatic rings. The summed E-state index contributed by atoms with van der Waals surface area (Å²) in [6.07, 6.45) is 0. The van der Waals surface area contributed by atoms with Crippen LogP contribution in [0, 0.1) is 0 Å². The molecule has 1 saturated heterocycles. The average Bonchev–Trinajstić information content (AvgIpc) is 2.70. The van der Waals surface area contributed by atoms with Crippen LogP contribution in [0.3, 0.4) is 0 Å². The summed E-state index contributed by atoms with van der Waals surface area (Å²) in [5, 5.41) is 13.3. The molecule has 0 spiro atoms. The fraction of sp³-hybridized carbons (Fsp3) is 0.800. The Balaban J connectivity index is 1.93. The van der Waals surface area contributed by atoms with Gasteiger partial charge in [-0.3, -0.25) is 4.90 Å². The van der Waals surface area contributed by atoms with Crippen molar-refractivity contribution in [1.82, 2.24) is 20.0 Å². The molecule has 0 aliphatic carbocycles. The predicted molar refractivity (Wildman–Crippen MR) is 66.8 cm³/mol. The van der Waals surface area contributed by atoms with Gasteiger partial charge in [0.05, 0.1) is 6.54 Å². The highest BCUT2D eigenvalue weighted by molar-refractivity contribution is 7.15. The van der Waals surface area contributed by atoms with E-state index in [4.69, 9.17) is 0 Å². The number of nitrogens with zero attached hydrogens (tertiary/aromatic N) is 4. The standard InChI is InChI=1S/C10H19N5S/c1-8-6-14(3)4-5-15(8)7-9-12-13-10(11-2)16-9/h8H,4-7H2,1-3H3,(H,11,13). The summed E-state index contributed by atoms with van der Waals surface area (Å²) >= 11 is 1.64. The van der Waals surface area contributed by atoms with Crippen molar-refractivity contribution in [2.75, 3.05) is 39.0 Å². The van der Waals surface area contributed by atoms with E-state index < -0.39 is 0 Å². The number of nitrogens with one attached hydrogen (secondary N) is 1. The zero-order valence-electron chi connectivity index (χ0n) is 10.1. The van der Waals surface area contributed by atoms with Crippen molar-refractivity contribution in [1.29, 1.82) is 0 Å². The summed E-state index contributed by atoms with van der Waals surface area (Å²) in [4.78, 5) is 4.85. The number of aromatic nitrogens is 2. The van der Waals surface area contributed by atoms with Gasteiger partial charge in [0.2, 0.25) is 5.13 Å². The summed E-state index contributed by atoms with van der Waals surface area (Å²) < 4.78 is 0. The molecule has 1 fully saturated rings. The van der Waals surface area contributed by atoms with Crippen LogP contribution in [0.5, 0.6) is 0 Å². The largest absolute Gasteiger partial charge is 0.363 e. The Hall–Kier alpha value is -0.720. The average molecular weight is 241 g/mol. The smallest absolute Gasteiger partial charge is 0.205 e. The highest BCUT2D eigenvalue weighted by Gasteiger charge is 2.22. The van der Waals surface area contributed by atoms with E-state index in [0.29, 0.717) is 6.04 Å². The third-order valence-corrected chi connectivity index (χ3v) is 3.91. The van der Waals surface area contributed by atoms with Crippen LogP contribution in [0.15, 0.2) is 0 Å². The van der Waals surface area contributed by atoms with Crippen molar-refractivity contribution in [3.05, 3.63) is 5.01 Å². The first-order chi connectivity index (χ1) is 7.69. The number of hydrogen-bond donors (Lipinski definition) is 1. The molecule has 1 atom stereocenters. The van der Waals surface area contributed by atoms with E-state index in [1.54, 1.807) is 11.3 Å². The lowest BCUT2D eigenvalue weighted by atomic mass is 10.2. The molecule has 2 heterocycles. The van der Waals surface area contributed by atoms with Gasteiger partial charge in [-0.1, -0.05) is 11.3 Å². The van der Waals surface area contributed by atoms with Crippen LogP contribution in [0.25, 0.3) is 0 Å². The van der Waals surface area contributed by atoms with Gasteiger partial charge in [-0.15, -0.1) is 10.2 Å². The Morgan fingerprint density at radius 1 is 1.44 bits per heavy atom. The molecular formula is C10H19N5S. The van der Waals surface area contributed by atoms with Crippen LogP contribution in [-0.2, 0) is 6.54 Å². The summed E-state index contributed by atoms with van der Waals surface area (Å²) in [5.41, 5.74) is 0. The summed E-state index contributed by atoms with van der Waals surface area (Å²) in [7, 11) is 4.06. The van der Waals surface area contributed by atoms with Crippen LogP contribution in [0.1, 0.15) is 11.9 Å². The molecule has 0 bridgehead atoms. The van der Waals surface area contributed by atoms with E-state index in [1.807, 2.05) is 7.05 Å². The molecule has 5 nitrogen and oxygen atoms in total. The molecule has 0 radical (unpaired) electrons. The zero-order valence-corrected chi connectivity index (χ0v) is 10.9. The molecule has 1 aliphatic rings. The Kier molecular flexibility index (Phi) is 3.73. The number of likely N-dealkylation sites (N-methyl/N-ethyl adjacent to an activating group) is 1. The van der Waals surface area contributed by atoms with E-state index in [2.05, 4.69) is 39.3 Å². The minimum atomic E-state index is 0.598. The number of rotatable bonds is 3. The molecule has 90 valence electrons. The van der Waals surface area contributed by atoms with Crippen molar-refractivity contribution in [2.45, 2.75) is 19.5 Å². The highest BCUT2D eigenvalue weighted by Crippen LogP contribution is 2.18. The van der Waals surface area contributed by atoms with Gasteiger partial charge in [0.15, 0.2) is 0 Å². The minimum absolute atomic E-state index is 0.598. The van der Waals surface area contributed by atoms with Crippen LogP contribution >= 0.6 is 11.3 Å². The first kappa shape index (κ1) is 11.8. The Bertz CT molecular complexity index is 340. The minimum Gasteiger partial charge on any atom is -0.363 e. The summed E-state index contributed by atoms with van der Waals surface area (Å²) in [6.45, 7) is 6.59. The van der Waals surface area contributed by atoms with Crippen LogP contribution in [-0.4, -0.2) is 59.8 Å². The summed E-state index contributed by atoms with van der Waals surface area (Å²) in [5.74, 6) is 0. The molecule has 6 heteroatoms. The van der Waals surface area contributed by atoms with E-state index in [0.717, 1.165) is 36.3 Å². The second-order valence-electron chi connectivity index (χ2n) is 4.33. The van der Waals surface area contributed by atoms with Crippen molar-refractivity contribution in [2.24, 2.45) is 0 Å². The predicted octanol–water partition coefficient (Wildman–Crippen LogP) is 0.716. The van der Waals surface area contributed by atoms with Crippen LogP contribution in [0.4, 0.5) is 5.13 Å². The maximum Gasteiger partial charge on any atom is 0.205 e. The molecule has 1 aliphatic heterocycles. The lowest BCUT2D eigenvalue weighted by molar-refractivity contribution is 0.0936. The van der Waals surface area contributed by atoms with Gasteiger partial charge in [0.1, 0.15) is 5.01 Å². The molecule has 0 amide bonds. The van der Waals surface area contributed by atoms with Gasteiger partial charge in [-0.2, -0.15) is 0 Å². The quantitative estimate of drug-likeness (QED) is 0.844. The fourth-order valence-electron chi connectivity index (χ4n) is 2.00. The molecule has 1 unspecified atom stereocenters. The van der Waals surface area contributed by atoms with Crippen molar-refractivity contribution in [3.63, 3.8) is 0 Å². The van der Waals surface area contributed by atoms with E-state index in [9.17, 15) is 0 Å². The lowest BCUT2D eigenvalue weighted by Gasteiger charge is -2.37. The monoisotopic (exact) mass is 241 g/mol. The first-order valence-corrected chi connectivity index (χ1v) is 6.43. The second-order valence-corrected chi connectivity index (χ2v) is 5.39. The Labute approximate surface area is 100 Å². The molecule has 0 aromatic carbocycles. The van der Waals surface area contributed by atoms with Gasteiger partial charge in [-0.25, -0.2) is 0 Å². The Morgan fingerprint density at radius 2 is 2.25 bits per heavy atom. The van der Waals surface area contributed by atoms with Gasteiger partial charge in [0, 0.05) is 32.7 Å². The topological polar surface area (TPSA) is 44.3 Å². The zero-order chi connectivity index (χ0) is 11.5. The normalized spacial score (nSPS) is 23.6. The number of piperazine rings is 1. The highest BCUT2D eigenvalue weighted by atomic mass is 32.1. The van der Waals surface area contributed by atoms with Crippen LogP contribution < -0.4 is 5.32 Å². The number of anilines is 1. The fourth-order valence-corrected chi connectivity index (χ4v) is 2.72. The maximum absolute atomic E-state index is 4.19. The molecule has 2 rings (SSSR count). The first-order valence-electron chi connectivity index (χ1n) is 5.61. The maximum atomic E-state index is 4.19. The SMILES string of the molecule is CNc1nnc(CN2CCN(C)CC2C)s1. The van der Waals surface area contributed by atoms with Crippen molar-refractivity contribution < 1.29 is 0 Å². The van der Waals surface area contributed by atoms with E-state index >= 15 is 0 Å². The molecule has 0 saturated carbocycles. The number of hydrogen-bond acceptors (Lipinski definition) is 6. The molecule has 16 heavy (non-hydrogen) atoms. The van der Waals surface area contributed by atoms with Gasteiger partial charge in [-0.05, 0) is 14.0 Å². The van der Waals surface area contributed by atoms with Crippen molar-refractivity contribution >= 4 is 16.5 Å². The second kappa shape index (κ2) is 5.07. The van der Waals surface area contributed by atoms with E-state index in [1.165, 1.54) is 0 Å². The van der Waals surface area contributed by atoms with Gasteiger partial charge < -0.3 is 10.2 Å². The Morgan fingerprint density at radius 3 is 2.88 bits per heavy atom. The molecule has 1 aromatic heterocycles. The van der Waals surface area contributed by atoms with Crippen molar-refractivity contribution in [3.8, 4) is 0 Å². The lowest BCUT2D eigenvalue weighted by Crippen LogP contribution is -2.49. The van der Waals surface area contributed by atoms with Gasteiger partial charge in [0.25, 0.3) is 0 Å². The third kappa shape index (κ3) is 2.69. The van der Waals surface area contributed by atoms with Gasteiger partial charge >= 0.3 is 0 Å². The third-order valence-electron chi connectivity index (χ3n) is 2.99. The summed E-state index contributed by atoms with van der Waals surface area (Å²) in [6, 6.07) is 0.598. The molecular weight excluding hydrogens is 222 g/mol. The van der Waals surface area contributed by atoms with Crippen LogP contribution in [0.2, 0.25) is 0 Å².